The van der Waals surface area contributed by atoms with Crippen molar-refractivity contribution >= 4 is 22.8 Å². The number of nitrogens with zero attached hydrogens (tertiary/aromatic N) is 3. The van der Waals surface area contributed by atoms with Gasteiger partial charge in [-0.25, -0.2) is 4.98 Å². The van der Waals surface area contributed by atoms with Gasteiger partial charge in [0, 0.05) is 38.3 Å². The number of H-pyrrole nitrogens is 1. The number of ether oxygens (including phenoxy) is 1. The molecule has 1 amide bonds. The molecule has 0 radical (unpaired) electrons. The molecule has 0 saturated heterocycles. The van der Waals surface area contributed by atoms with E-state index in [1.165, 1.54) is 0 Å². The molecule has 0 unspecified atom stereocenters. The van der Waals surface area contributed by atoms with Crippen LogP contribution in [0.15, 0.2) is 53.6 Å². The summed E-state index contributed by atoms with van der Waals surface area (Å²) in [5.74, 6) is 0.155. The quantitative estimate of drug-likeness (QED) is 0.504. The monoisotopic (exact) mass is 422 g/mol. The highest BCUT2D eigenvalue weighted by molar-refractivity contribution is 5.78. The Kier molecular flexibility index (Phi) is 7.86. The van der Waals surface area contributed by atoms with Gasteiger partial charge in [0.25, 0.3) is 5.56 Å². The van der Waals surface area contributed by atoms with Crippen molar-refractivity contribution < 1.29 is 14.3 Å². The van der Waals surface area contributed by atoms with E-state index < -0.39 is 0 Å². The molecule has 3 aromatic rings. The number of benzene rings is 1. The highest BCUT2D eigenvalue weighted by Gasteiger charge is 2.16. The van der Waals surface area contributed by atoms with Crippen molar-refractivity contribution in [2.24, 2.45) is 0 Å². The fourth-order valence-electron chi connectivity index (χ4n) is 3.28. The minimum absolute atomic E-state index is 0.0729. The lowest BCUT2D eigenvalue weighted by atomic mass is 10.1. The number of aromatic amines is 1. The molecule has 3 rings (SSSR count). The summed E-state index contributed by atoms with van der Waals surface area (Å²) in [4.78, 5) is 49.8. The number of hydrogen-bond acceptors (Lipinski definition) is 6. The third kappa shape index (κ3) is 6.47. The van der Waals surface area contributed by atoms with Gasteiger partial charge in [0.05, 0.1) is 23.9 Å². The van der Waals surface area contributed by atoms with E-state index in [9.17, 15) is 14.4 Å². The fraction of sp³-hybridized carbons (Fsp3) is 0.348. The Morgan fingerprint density at radius 3 is 2.74 bits per heavy atom. The molecule has 0 atom stereocenters. The van der Waals surface area contributed by atoms with Crippen LogP contribution in [0, 0.1) is 0 Å². The van der Waals surface area contributed by atoms with Gasteiger partial charge < -0.3 is 14.6 Å². The first kappa shape index (κ1) is 22.1. The third-order valence-corrected chi connectivity index (χ3v) is 4.81. The topological polar surface area (TPSA) is 105 Å². The van der Waals surface area contributed by atoms with Crippen molar-refractivity contribution in [3.05, 3.63) is 70.5 Å². The predicted octanol–water partition coefficient (Wildman–Crippen LogP) is 2.62. The lowest BCUT2D eigenvalue weighted by molar-refractivity contribution is -0.144. The molecule has 1 N–H and O–H groups in total. The van der Waals surface area contributed by atoms with E-state index in [1.54, 1.807) is 42.4 Å². The number of carbonyl (C=O) groups is 2. The number of hydrogen-bond donors (Lipinski definition) is 1. The van der Waals surface area contributed by atoms with Gasteiger partial charge in [-0.3, -0.25) is 19.4 Å². The molecule has 31 heavy (non-hydrogen) atoms. The van der Waals surface area contributed by atoms with E-state index in [-0.39, 0.29) is 36.8 Å². The Balaban J connectivity index is 1.61. The summed E-state index contributed by atoms with van der Waals surface area (Å²) in [6.45, 7) is 2.71. The van der Waals surface area contributed by atoms with Gasteiger partial charge in [-0.15, -0.1) is 0 Å². The molecule has 0 saturated carbocycles. The largest absolute Gasteiger partial charge is 0.466 e. The molecule has 0 aliphatic heterocycles. The third-order valence-electron chi connectivity index (χ3n) is 4.81. The molecule has 0 aliphatic carbocycles. The van der Waals surface area contributed by atoms with Crippen LogP contribution < -0.4 is 5.56 Å². The second kappa shape index (κ2) is 11.0. The van der Waals surface area contributed by atoms with Crippen LogP contribution >= 0.6 is 0 Å². The fourth-order valence-corrected chi connectivity index (χ4v) is 3.28. The summed E-state index contributed by atoms with van der Waals surface area (Å²) in [6.07, 6.45) is 4.80. The van der Waals surface area contributed by atoms with Gasteiger partial charge >= 0.3 is 5.97 Å². The van der Waals surface area contributed by atoms with Crippen molar-refractivity contribution in [3.8, 4) is 0 Å². The summed E-state index contributed by atoms with van der Waals surface area (Å²) in [7, 11) is 0. The summed E-state index contributed by atoms with van der Waals surface area (Å²) < 4.78 is 4.98. The Labute approximate surface area is 180 Å². The molecule has 2 aromatic heterocycles. The molecule has 0 spiro atoms. The van der Waals surface area contributed by atoms with E-state index in [0.717, 1.165) is 5.56 Å². The number of esters is 1. The lowest BCUT2D eigenvalue weighted by Gasteiger charge is -2.22. The Hall–Kier alpha value is -3.55. The number of carbonyl (C=O) groups excluding carboxylic acids is 2. The van der Waals surface area contributed by atoms with E-state index in [4.69, 9.17) is 4.74 Å². The highest BCUT2D eigenvalue weighted by Crippen LogP contribution is 2.11. The van der Waals surface area contributed by atoms with E-state index in [2.05, 4.69) is 15.0 Å². The van der Waals surface area contributed by atoms with Gasteiger partial charge in [0.2, 0.25) is 5.91 Å². The maximum atomic E-state index is 12.8. The minimum Gasteiger partial charge on any atom is -0.466 e. The van der Waals surface area contributed by atoms with Crippen molar-refractivity contribution in [2.45, 2.75) is 39.2 Å². The zero-order valence-electron chi connectivity index (χ0n) is 17.5. The zero-order valence-corrected chi connectivity index (χ0v) is 17.5. The van der Waals surface area contributed by atoms with Crippen LogP contribution in [-0.4, -0.2) is 44.9 Å². The first-order valence-electron chi connectivity index (χ1n) is 10.4. The number of fused-ring (bicyclic) bond motifs is 1. The van der Waals surface area contributed by atoms with E-state index in [0.29, 0.717) is 42.7 Å². The van der Waals surface area contributed by atoms with Gasteiger partial charge in [-0.05, 0) is 37.1 Å². The summed E-state index contributed by atoms with van der Waals surface area (Å²) >= 11 is 0. The Morgan fingerprint density at radius 2 is 1.97 bits per heavy atom. The van der Waals surface area contributed by atoms with Crippen molar-refractivity contribution in [2.75, 3.05) is 13.2 Å². The lowest BCUT2D eigenvalue weighted by Crippen LogP contribution is -2.33. The molecule has 2 heterocycles. The van der Waals surface area contributed by atoms with E-state index >= 15 is 0 Å². The maximum absolute atomic E-state index is 12.8. The van der Waals surface area contributed by atoms with Gasteiger partial charge in [-0.1, -0.05) is 18.2 Å². The number of amides is 1. The Morgan fingerprint density at radius 1 is 1.13 bits per heavy atom. The van der Waals surface area contributed by atoms with Crippen molar-refractivity contribution in [1.29, 1.82) is 0 Å². The molecule has 162 valence electrons. The SMILES string of the molecule is CCOC(=O)CCN(Cc1cccnc1)C(=O)CCCc1nc2ccccc2c(=O)[nH]1. The predicted molar refractivity (Wildman–Crippen MR) is 116 cm³/mol. The number of aromatic nitrogens is 3. The molecule has 8 heteroatoms. The maximum Gasteiger partial charge on any atom is 0.307 e. The number of aryl methyl sites for hydroxylation is 1. The van der Waals surface area contributed by atoms with Gasteiger partial charge in [0.1, 0.15) is 5.82 Å². The second-order valence-electron chi connectivity index (χ2n) is 7.11. The van der Waals surface area contributed by atoms with Crippen molar-refractivity contribution in [1.82, 2.24) is 19.9 Å². The standard InChI is InChI=1S/C23H26N4O4/c1-2-31-22(29)12-14-27(16-17-7-6-13-24-15-17)21(28)11-5-10-20-25-19-9-4-3-8-18(19)23(30)26-20/h3-4,6-9,13,15H,2,5,10-12,14,16H2,1H3,(H,25,26,30). The summed E-state index contributed by atoms with van der Waals surface area (Å²) in [6, 6.07) is 10.9. The second-order valence-corrected chi connectivity index (χ2v) is 7.11. The molecule has 0 bridgehead atoms. The van der Waals surface area contributed by atoms with Crippen LogP contribution in [0.2, 0.25) is 0 Å². The molecular formula is C23H26N4O4. The first-order valence-corrected chi connectivity index (χ1v) is 10.4. The van der Waals surface area contributed by atoms with Crippen LogP contribution in [-0.2, 0) is 27.3 Å². The summed E-state index contributed by atoms with van der Waals surface area (Å²) in [5, 5.41) is 0.545. The van der Waals surface area contributed by atoms with Crippen LogP contribution in [0.1, 0.15) is 37.6 Å². The zero-order chi connectivity index (χ0) is 22.1. The average molecular weight is 422 g/mol. The summed E-state index contributed by atoms with van der Waals surface area (Å²) in [5.41, 5.74) is 1.35. The number of pyridine rings is 1. The number of rotatable bonds is 10. The molecule has 8 nitrogen and oxygen atoms in total. The highest BCUT2D eigenvalue weighted by atomic mass is 16.5. The van der Waals surface area contributed by atoms with Crippen molar-refractivity contribution in [3.63, 3.8) is 0 Å². The van der Waals surface area contributed by atoms with Gasteiger partial charge in [-0.2, -0.15) is 0 Å². The molecule has 0 fully saturated rings. The van der Waals surface area contributed by atoms with Crippen LogP contribution in [0.3, 0.4) is 0 Å². The van der Waals surface area contributed by atoms with Crippen LogP contribution in [0.5, 0.6) is 0 Å². The van der Waals surface area contributed by atoms with Crippen LogP contribution in [0.4, 0.5) is 0 Å². The Bertz CT molecular complexity index is 1080. The number of para-hydroxylation sites is 1. The molecular weight excluding hydrogens is 396 g/mol. The first-order chi connectivity index (χ1) is 15.1. The normalized spacial score (nSPS) is 10.7. The smallest absolute Gasteiger partial charge is 0.307 e. The minimum atomic E-state index is -0.329. The van der Waals surface area contributed by atoms with Crippen LogP contribution in [0.25, 0.3) is 10.9 Å². The van der Waals surface area contributed by atoms with E-state index in [1.807, 2.05) is 18.2 Å². The molecule has 0 aliphatic rings. The number of nitrogens with one attached hydrogen (secondary N) is 1. The van der Waals surface area contributed by atoms with Gasteiger partial charge in [0.15, 0.2) is 0 Å². The average Bonchev–Trinajstić information content (AvgIpc) is 2.77. The molecule has 1 aromatic carbocycles.